The van der Waals surface area contributed by atoms with E-state index in [-0.39, 0.29) is 12.2 Å². The van der Waals surface area contributed by atoms with Gasteiger partial charge in [0.2, 0.25) is 5.91 Å². The van der Waals surface area contributed by atoms with Crippen LogP contribution in [0, 0.1) is 0 Å². The average Bonchev–Trinajstić information content (AvgIpc) is 3.17. The number of nitrogens with zero attached hydrogens (tertiary/aromatic N) is 2. The molecular weight excluding hydrogens is 356 g/mol. The second-order valence-corrected chi connectivity index (χ2v) is 5.76. The summed E-state index contributed by atoms with van der Waals surface area (Å²) in [6.45, 7) is 0.434. The van der Waals surface area contributed by atoms with Gasteiger partial charge in [-0.15, -0.1) is 0 Å². The Morgan fingerprint density at radius 1 is 1.14 bits per heavy atom. The maximum atomic E-state index is 11.2. The Morgan fingerprint density at radius 3 is 2.46 bits per heavy atom. The summed E-state index contributed by atoms with van der Waals surface area (Å²) in [7, 11) is 1.50. The second-order valence-electron chi connectivity index (χ2n) is 5.76. The number of carbonyl (C=O) groups excluding carboxylic acids is 2. The first kappa shape index (κ1) is 20.8. The maximum Gasteiger partial charge on any atom is 0.236 e. The van der Waals surface area contributed by atoms with Gasteiger partial charge in [-0.3, -0.25) is 9.59 Å². The molecule has 0 aliphatic rings. The zero-order valence-electron chi connectivity index (χ0n) is 15.6. The maximum absolute atomic E-state index is 11.2. The van der Waals surface area contributed by atoms with Crippen LogP contribution in [0.1, 0.15) is 16.1 Å². The molecule has 2 aromatic carbocycles. The number of aromatic nitrogens is 2. The molecule has 1 aromatic heterocycles. The molecule has 0 aliphatic carbocycles. The number of hydrogen-bond acceptors (Lipinski definition) is 6. The van der Waals surface area contributed by atoms with Gasteiger partial charge < -0.3 is 22.5 Å². The van der Waals surface area contributed by atoms with E-state index in [9.17, 15) is 9.59 Å². The van der Waals surface area contributed by atoms with Gasteiger partial charge in [-0.05, 0) is 35.9 Å². The molecule has 8 heteroatoms. The fraction of sp³-hybridized carbons (Fsp3) is 0.150. The SMILES string of the molecule is CN.NCc1ccc(-c2cccc(-n3cc(NCC(N)=O)c(C=O)n3)c2)cc1. The fourth-order valence-corrected chi connectivity index (χ4v) is 2.59. The summed E-state index contributed by atoms with van der Waals surface area (Å²) in [4.78, 5) is 22.2. The van der Waals surface area contributed by atoms with Crippen LogP contribution in [-0.4, -0.2) is 35.6 Å². The van der Waals surface area contributed by atoms with E-state index >= 15 is 0 Å². The normalized spacial score (nSPS) is 9.96. The Labute approximate surface area is 163 Å². The number of primary amides is 1. The lowest BCUT2D eigenvalue weighted by Gasteiger charge is -2.07. The highest BCUT2D eigenvalue weighted by Gasteiger charge is 2.10. The lowest BCUT2D eigenvalue weighted by Crippen LogP contribution is -2.22. The number of aldehydes is 1. The molecule has 3 rings (SSSR count). The molecule has 28 heavy (non-hydrogen) atoms. The Kier molecular flexibility index (Phi) is 7.44. The Morgan fingerprint density at radius 2 is 1.86 bits per heavy atom. The molecule has 0 saturated carbocycles. The summed E-state index contributed by atoms with van der Waals surface area (Å²) >= 11 is 0. The highest BCUT2D eigenvalue weighted by Crippen LogP contribution is 2.23. The minimum absolute atomic E-state index is 0.0694. The van der Waals surface area contributed by atoms with Gasteiger partial charge in [-0.2, -0.15) is 5.10 Å². The highest BCUT2D eigenvalue weighted by atomic mass is 16.1. The Bertz CT molecular complexity index is 934. The van der Waals surface area contributed by atoms with Crippen LogP contribution in [0.25, 0.3) is 16.8 Å². The molecule has 0 aliphatic heterocycles. The van der Waals surface area contributed by atoms with E-state index < -0.39 is 5.91 Å². The number of carbonyl (C=O) groups is 2. The van der Waals surface area contributed by atoms with Crippen molar-refractivity contribution < 1.29 is 9.59 Å². The monoisotopic (exact) mass is 380 g/mol. The van der Waals surface area contributed by atoms with Gasteiger partial charge in [0, 0.05) is 6.54 Å². The quantitative estimate of drug-likeness (QED) is 0.455. The average molecular weight is 380 g/mol. The number of anilines is 1. The number of nitrogens with one attached hydrogen (secondary N) is 1. The fourth-order valence-electron chi connectivity index (χ4n) is 2.59. The predicted molar refractivity (Wildman–Crippen MR) is 110 cm³/mol. The van der Waals surface area contributed by atoms with Gasteiger partial charge >= 0.3 is 0 Å². The van der Waals surface area contributed by atoms with Crippen LogP contribution in [-0.2, 0) is 11.3 Å². The van der Waals surface area contributed by atoms with Crippen LogP contribution in [0.5, 0.6) is 0 Å². The first-order valence-electron chi connectivity index (χ1n) is 8.65. The van der Waals surface area contributed by atoms with Crippen LogP contribution in [0.4, 0.5) is 5.69 Å². The summed E-state index contributed by atoms with van der Waals surface area (Å²) in [6, 6.07) is 15.8. The van der Waals surface area contributed by atoms with E-state index in [1.165, 1.54) is 7.05 Å². The van der Waals surface area contributed by atoms with Crippen molar-refractivity contribution in [2.45, 2.75) is 6.54 Å². The van der Waals surface area contributed by atoms with Crippen LogP contribution >= 0.6 is 0 Å². The van der Waals surface area contributed by atoms with E-state index in [1.54, 1.807) is 10.9 Å². The summed E-state index contributed by atoms with van der Waals surface area (Å²) < 4.78 is 1.59. The molecule has 1 amide bonds. The number of benzene rings is 2. The molecule has 0 unspecified atom stereocenters. The molecular formula is C20H24N6O2. The van der Waals surface area contributed by atoms with Gasteiger partial charge in [-0.25, -0.2) is 4.68 Å². The molecule has 146 valence electrons. The van der Waals surface area contributed by atoms with Crippen LogP contribution < -0.4 is 22.5 Å². The molecule has 0 atom stereocenters. The molecule has 0 radical (unpaired) electrons. The number of rotatable bonds is 7. The number of hydrogen-bond donors (Lipinski definition) is 4. The number of nitrogens with two attached hydrogens (primary N) is 3. The third-order valence-electron chi connectivity index (χ3n) is 3.94. The van der Waals surface area contributed by atoms with Crippen molar-refractivity contribution >= 4 is 17.9 Å². The Balaban J connectivity index is 0.00000136. The molecule has 1 heterocycles. The molecule has 8 nitrogen and oxygen atoms in total. The van der Waals surface area contributed by atoms with Crippen molar-refractivity contribution in [2.24, 2.45) is 17.2 Å². The van der Waals surface area contributed by atoms with Gasteiger partial charge in [-0.1, -0.05) is 36.4 Å². The van der Waals surface area contributed by atoms with Crippen LogP contribution in [0.2, 0.25) is 0 Å². The Hall–Kier alpha value is -3.49. The predicted octanol–water partition coefficient (Wildman–Crippen LogP) is 1.28. The van der Waals surface area contributed by atoms with Gasteiger partial charge in [0.15, 0.2) is 6.29 Å². The van der Waals surface area contributed by atoms with Crippen LogP contribution in [0.15, 0.2) is 54.7 Å². The van der Waals surface area contributed by atoms with Gasteiger partial charge in [0.25, 0.3) is 0 Å². The molecule has 0 saturated heterocycles. The molecule has 0 spiro atoms. The van der Waals surface area contributed by atoms with Crippen LogP contribution in [0.3, 0.4) is 0 Å². The van der Waals surface area contributed by atoms with E-state index in [2.05, 4.69) is 16.1 Å². The van der Waals surface area contributed by atoms with Crippen molar-refractivity contribution in [1.29, 1.82) is 0 Å². The molecule has 0 bridgehead atoms. The largest absolute Gasteiger partial charge is 0.373 e. The first-order chi connectivity index (χ1) is 13.6. The van der Waals surface area contributed by atoms with Crippen molar-refractivity contribution in [3.63, 3.8) is 0 Å². The summed E-state index contributed by atoms with van der Waals surface area (Å²) in [5.41, 5.74) is 19.9. The molecule has 0 fully saturated rings. The lowest BCUT2D eigenvalue weighted by atomic mass is 10.0. The third-order valence-corrected chi connectivity index (χ3v) is 3.94. The highest BCUT2D eigenvalue weighted by molar-refractivity contribution is 5.84. The van der Waals surface area contributed by atoms with E-state index in [1.807, 2.05) is 48.5 Å². The van der Waals surface area contributed by atoms with E-state index in [0.29, 0.717) is 18.5 Å². The smallest absolute Gasteiger partial charge is 0.236 e. The zero-order valence-corrected chi connectivity index (χ0v) is 15.6. The molecule has 7 N–H and O–H groups in total. The van der Waals surface area contributed by atoms with Crippen molar-refractivity contribution in [3.8, 4) is 16.8 Å². The van der Waals surface area contributed by atoms with Crippen molar-refractivity contribution in [2.75, 3.05) is 18.9 Å². The number of amides is 1. The summed E-state index contributed by atoms with van der Waals surface area (Å²) in [5, 5.41) is 7.07. The van der Waals surface area contributed by atoms with Gasteiger partial charge in [0.1, 0.15) is 5.69 Å². The van der Waals surface area contributed by atoms with Gasteiger partial charge in [0.05, 0.1) is 24.1 Å². The minimum atomic E-state index is -0.516. The van der Waals surface area contributed by atoms with E-state index in [0.717, 1.165) is 22.4 Å². The standard InChI is InChI=1S/C19H19N5O2.CH5N/c20-9-13-4-6-14(7-5-13)15-2-1-3-16(8-15)24-11-17(18(12-25)23-24)22-10-19(21)26;1-2/h1-8,11-12,22H,9-10,20H2,(H2,21,26);2H2,1H3. The molecule has 3 aromatic rings. The summed E-state index contributed by atoms with van der Waals surface area (Å²) in [5.74, 6) is -0.516. The first-order valence-corrected chi connectivity index (χ1v) is 8.65. The van der Waals surface area contributed by atoms with Crippen molar-refractivity contribution in [1.82, 2.24) is 9.78 Å². The van der Waals surface area contributed by atoms with Crippen molar-refractivity contribution in [3.05, 3.63) is 66.0 Å². The zero-order chi connectivity index (χ0) is 20.5. The summed E-state index contributed by atoms with van der Waals surface area (Å²) in [6.07, 6.45) is 2.29. The minimum Gasteiger partial charge on any atom is -0.373 e. The van der Waals surface area contributed by atoms with E-state index in [4.69, 9.17) is 11.5 Å². The third kappa shape index (κ3) is 5.03. The topological polar surface area (TPSA) is 142 Å². The lowest BCUT2D eigenvalue weighted by molar-refractivity contribution is -0.116. The second kappa shape index (κ2) is 10.0.